The Morgan fingerprint density at radius 1 is 1.03 bits per heavy atom. The second kappa shape index (κ2) is 7.57. The minimum Gasteiger partial charge on any atom is -0.468 e. The standard InChI is InChI=1S/C24H25NO5S/c1-30-24(27)23-17-11-6-5-10-16(17)22-21(31(28,29)15-8-3-2-4-9-15)14-18-19(25(22)23)12-7-13-20(18)26/h2-6,8-11,18-19,21-23H,7,12-14H2,1H3/t18-,19+,21?,22+,23?/m0/s1. The van der Waals surface area contributed by atoms with Crippen LogP contribution in [0.15, 0.2) is 59.5 Å². The van der Waals surface area contributed by atoms with Gasteiger partial charge in [-0.15, -0.1) is 0 Å². The van der Waals surface area contributed by atoms with Gasteiger partial charge in [-0.05, 0) is 42.5 Å². The Labute approximate surface area is 182 Å². The third-order valence-electron chi connectivity index (χ3n) is 7.15. The second-order valence-corrected chi connectivity index (χ2v) is 10.8. The molecule has 0 amide bonds. The molecule has 1 saturated carbocycles. The van der Waals surface area contributed by atoms with E-state index in [9.17, 15) is 18.0 Å². The van der Waals surface area contributed by atoms with E-state index in [2.05, 4.69) is 0 Å². The highest BCUT2D eigenvalue weighted by molar-refractivity contribution is 7.92. The molecular formula is C24H25NO5S. The first-order valence-electron chi connectivity index (χ1n) is 10.7. The second-order valence-electron chi connectivity index (χ2n) is 8.61. The number of nitrogens with zero attached hydrogens (tertiary/aromatic N) is 1. The van der Waals surface area contributed by atoms with Crippen LogP contribution in [0.25, 0.3) is 0 Å². The molecule has 162 valence electrons. The molecule has 31 heavy (non-hydrogen) atoms. The van der Waals surface area contributed by atoms with Gasteiger partial charge in [-0.3, -0.25) is 9.69 Å². The molecule has 0 spiro atoms. The lowest BCUT2D eigenvalue weighted by molar-refractivity contribution is -0.153. The van der Waals surface area contributed by atoms with Crippen LogP contribution in [0.1, 0.15) is 48.9 Å². The highest BCUT2D eigenvalue weighted by Gasteiger charge is 2.58. The van der Waals surface area contributed by atoms with Crippen LogP contribution in [0.4, 0.5) is 0 Å². The Hall–Kier alpha value is -2.51. The molecule has 2 aliphatic heterocycles. The molecule has 2 aromatic carbocycles. The summed E-state index contributed by atoms with van der Waals surface area (Å²) in [6.07, 6.45) is 2.27. The summed E-state index contributed by atoms with van der Waals surface area (Å²) in [5.74, 6) is -0.707. The molecule has 0 bridgehead atoms. The predicted molar refractivity (Wildman–Crippen MR) is 114 cm³/mol. The molecule has 1 aliphatic carbocycles. The first kappa shape index (κ1) is 20.4. The van der Waals surface area contributed by atoms with Crippen LogP contribution in [0.3, 0.4) is 0 Å². The summed E-state index contributed by atoms with van der Waals surface area (Å²) in [6.45, 7) is 0. The van der Waals surface area contributed by atoms with Crippen LogP contribution < -0.4 is 0 Å². The van der Waals surface area contributed by atoms with Crippen molar-refractivity contribution in [3.05, 3.63) is 65.7 Å². The molecule has 5 atom stereocenters. The number of methoxy groups -OCH3 is 1. The lowest BCUT2D eigenvalue weighted by Gasteiger charge is -2.49. The fraction of sp³-hybridized carbons (Fsp3) is 0.417. The van der Waals surface area contributed by atoms with Gasteiger partial charge < -0.3 is 4.74 Å². The Kier molecular flexibility index (Phi) is 4.98. The van der Waals surface area contributed by atoms with Crippen LogP contribution in [0.5, 0.6) is 0 Å². The molecule has 6 nitrogen and oxygen atoms in total. The SMILES string of the molecule is COC(=O)C1c2ccccc2[C@@H]2C(S(=O)(=O)c3ccccc3)C[C@@H]3C(=O)CCC[C@H]3N12. The normalized spacial score (nSPS) is 30.2. The summed E-state index contributed by atoms with van der Waals surface area (Å²) >= 11 is 0. The minimum atomic E-state index is -3.73. The summed E-state index contributed by atoms with van der Waals surface area (Å²) < 4.78 is 32.8. The zero-order chi connectivity index (χ0) is 21.8. The number of Topliss-reactive ketones (excluding diaryl/α,β-unsaturated/α-hetero) is 1. The van der Waals surface area contributed by atoms with Crippen molar-refractivity contribution in [1.82, 2.24) is 4.90 Å². The van der Waals surface area contributed by atoms with Crippen LogP contribution in [-0.4, -0.2) is 43.5 Å². The van der Waals surface area contributed by atoms with E-state index in [1.165, 1.54) is 7.11 Å². The minimum absolute atomic E-state index is 0.0996. The Morgan fingerprint density at radius 3 is 2.42 bits per heavy atom. The topological polar surface area (TPSA) is 80.8 Å². The molecule has 2 heterocycles. The maximum atomic E-state index is 13.8. The van der Waals surface area contributed by atoms with Gasteiger partial charge in [0, 0.05) is 18.4 Å². The Morgan fingerprint density at radius 2 is 1.71 bits per heavy atom. The Bertz CT molecular complexity index is 1130. The van der Waals surface area contributed by atoms with Crippen molar-refractivity contribution in [2.75, 3.05) is 7.11 Å². The monoisotopic (exact) mass is 439 g/mol. The average Bonchev–Trinajstić information content (AvgIpc) is 3.14. The van der Waals surface area contributed by atoms with Crippen molar-refractivity contribution in [1.29, 1.82) is 0 Å². The first-order valence-corrected chi connectivity index (χ1v) is 12.3. The molecule has 1 saturated heterocycles. The van der Waals surface area contributed by atoms with Crippen LogP contribution in [0.2, 0.25) is 0 Å². The van der Waals surface area contributed by atoms with Gasteiger partial charge in [-0.2, -0.15) is 0 Å². The van der Waals surface area contributed by atoms with Crippen molar-refractivity contribution in [2.45, 2.75) is 54.0 Å². The Balaban J connectivity index is 1.70. The summed E-state index contributed by atoms with van der Waals surface area (Å²) in [5.41, 5.74) is 1.63. The summed E-state index contributed by atoms with van der Waals surface area (Å²) in [7, 11) is -2.38. The van der Waals surface area contributed by atoms with E-state index in [0.717, 1.165) is 24.0 Å². The van der Waals surface area contributed by atoms with E-state index in [1.807, 2.05) is 29.2 Å². The largest absolute Gasteiger partial charge is 0.468 e. The summed E-state index contributed by atoms with van der Waals surface area (Å²) in [5, 5.41) is -0.811. The number of sulfone groups is 1. The third kappa shape index (κ3) is 3.05. The van der Waals surface area contributed by atoms with Gasteiger partial charge in [0.25, 0.3) is 0 Å². The van der Waals surface area contributed by atoms with Gasteiger partial charge in [-0.1, -0.05) is 42.5 Å². The first-order chi connectivity index (χ1) is 14.9. The maximum Gasteiger partial charge on any atom is 0.327 e. The summed E-state index contributed by atoms with van der Waals surface area (Å²) in [6, 6.07) is 14.6. The lowest BCUT2D eigenvalue weighted by Crippen LogP contribution is -2.57. The van der Waals surface area contributed by atoms with Gasteiger partial charge in [0.1, 0.15) is 11.8 Å². The average molecular weight is 440 g/mol. The molecule has 7 heteroatoms. The lowest BCUT2D eigenvalue weighted by atomic mass is 9.75. The quantitative estimate of drug-likeness (QED) is 0.683. The summed E-state index contributed by atoms with van der Waals surface area (Å²) in [4.78, 5) is 28.1. The van der Waals surface area contributed by atoms with E-state index in [1.54, 1.807) is 30.3 Å². The van der Waals surface area contributed by atoms with Crippen LogP contribution in [-0.2, 0) is 24.2 Å². The molecule has 3 aliphatic rings. The number of rotatable bonds is 3. The molecule has 2 aromatic rings. The van der Waals surface area contributed by atoms with Crippen LogP contribution >= 0.6 is 0 Å². The highest BCUT2D eigenvalue weighted by atomic mass is 32.2. The number of benzene rings is 2. The van der Waals surface area contributed by atoms with Crippen molar-refractivity contribution in [2.24, 2.45) is 5.92 Å². The highest BCUT2D eigenvalue weighted by Crippen LogP contribution is 2.55. The number of esters is 1. The molecule has 0 aromatic heterocycles. The van der Waals surface area contributed by atoms with Crippen molar-refractivity contribution < 1.29 is 22.7 Å². The van der Waals surface area contributed by atoms with E-state index >= 15 is 0 Å². The van der Waals surface area contributed by atoms with Gasteiger partial charge in [0.15, 0.2) is 9.84 Å². The van der Waals surface area contributed by atoms with Crippen molar-refractivity contribution in [3.63, 3.8) is 0 Å². The molecule has 0 N–H and O–H groups in total. The van der Waals surface area contributed by atoms with E-state index < -0.39 is 39.1 Å². The zero-order valence-electron chi connectivity index (χ0n) is 17.3. The van der Waals surface area contributed by atoms with E-state index in [0.29, 0.717) is 6.42 Å². The number of fused-ring (bicyclic) bond motifs is 5. The van der Waals surface area contributed by atoms with Gasteiger partial charge in [-0.25, -0.2) is 13.2 Å². The number of ketones is 1. The van der Waals surface area contributed by atoms with Crippen LogP contribution in [0, 0.1) is 5.92 Å². The number of carbonyl (C=O) groups excluding carboxylic acids is 2. The number of hydrogen-bond acceptors (Lipinski definition) is 6. The zero-order valence-corrected chi connectivity index (χ0v) is 18.1. The molecule has 5 rings (SSSR count). The van der Waals surface area contributed by atoms with Gasteiger partial charge in [0.2, 0.25) is 0 Å². The number of piperidine rings is 1. The smallest absolute Gasteiger partial charge is 0.327 e. The number of hydrogen-bond donors (Lipinski definition) is 0. The maximum absolute atomic E-state index is 13.8. The van der Waals surface area contributed by atoms with E-state index in [4.69, 9.17) is 4.74 Å². The fourth-order valence-electron chi connectivity index (χ4n) is 5.85. The fourth-order valence-corrected chi connectivity index (χ4v) is 7.83. The van der Waals surface area contributed by atoms with Crippen molar-refractivity contribution in [3.8, 4) is 0 Å². The van der Waals surface area contributed by atoms with Gasteiger partial charge in [0.05, 0.1) is 23.3 Å². The number of carbonyl (C=O) groups is 2. The van der Waals surface area contributed by atoms with Gasteiger partial charge >= 0.3 is 5.97 Å². The molecule has 0 radical (unpaired) electrons. The third-order valence-corrected chi connectivity index (χ3v) is 9.32. The van der Waals surface area contributed by atoms with Crippen molar-refractivity contribution >= 4 is 21.6 Å². The van der Waals surface area contributed by atoms with E-state index in [-0.39, 0.29) is 23.1 Å². The number of ether oxygens (including phenoxy) is 1. The molecule has 2 fully saturated rings. The predicted octanol–water partition coefficient (Wildman–Crippen LogP) is 3.24. The molecule has 2 unspecified atom stereocenters. The molecular weight excluding hydrogens is 414 g/mol.